The molecule has 12 heavy (non-hydrogen) atoms. The highest BCUT2D eigenvalue weighted by atomic mass is 32.2. The smallest absolute Gasteiger partial charge is 0.307 e. The molecule has 0 saturated carbocycles. The maximum atomic E-state index is 10.4. The highest BCUT2D eigenvalue weighted by molar-refractivity contribution is 7.85. The van der Waals surface area contributed by atoms with E-state index in [0.29, 0.717) is 6.42 Å². The van der Waals surface area contributed by atoms with Crippen LogP contribution in [0.5, 0.6) is 0 Å². The van der Waals surface area contributed by atoms with Gasteiger partial charge in [0, 0.05) is 0 Å². The fourth-order valence-corrected chi connectivity index (χ4v) is 1.70. The third-order valence-electron chi connectivity index (χ3n) is 1.40. The van der Waals surface area contributed by atoms with Gasteiger partial charge in [-0.1, -0.05) is 13.3 Å². The molecule has 1 atom stereocenters. The zero-order valence-electron chi connectivity index (χ0n) is 6.73. The molecular formula is C6H12O5S. The highest BCUT2D eigenvalue weighted by Gasteiger charge is 2.22. The number of hydrogen-bond acceptors (Lipinski definition) is 3. The molecule has 0 aromatic rings. The predicted octanol–water partition coefficient (Wildman–Crippen LogP) is 0.375. The summed E-state index contributed by atoms with van der Waals surface area (Å²) in [5.41, 5.74) is 0. The van der Waals surface area contributed by atoms with Crippen LogP contribution in [0.1, 0.15) is 19.8 Å². The molecule has 0 aromatic heterocycles. The SMILES string of the molecule is CCCC(CS(=O)(=O)O)C(=O)O. The van der Waals surface area contributed by atoms with Crippen LogP contribution in [-0.4, -0.2) is 29.8 Å². The lowest BCUT2D eigenvalue weighted by Gasteiger charge is -2.07. The number of carboxylic acids is 1. The van der Waals surface area contributed by atoms with E-state index in [4.69, 9.17) is 9.66 Å². The van der Waals surface area contributed by atoms with Crippen molar-refractivity contribution in [2.24, 2.45) is 5.92 Å². The molecule has 0 saturated heterocycles. The number of aliphatic carboxylic acids is 1. The van der Waals surface area contributed by atoms with Gasteiger partial charge in [-0.05, 0) is 6.42 Å². The first-order valence-corrected chi connectivity index (χ1v) is 5.15. The molecule has 0 aromatic carbocycles. The molecule has 0 radical (unpaired) electrons. The molecule has 0 fully saturated rings. The second-order valence-electron chi connectivity index (χ2n) is 2.57. The largest absolute Gasteiger partial charge is 0.481 e. The predicted molar refractivity (Wildman–Crippen MR) is 42.4 cm³/mol. The van der Waals surface area contributed by atoms with Gasteiger partial charge in [-0.3, -0.25) is 9.35 Å². The molecule has 5 nitrogen and oxygen atoms in total. The third kappa shape index (κ3) is 5.09. The zero-order chi connectivity index (χ0) is 9.78. The summed E-state index contributed by atoms with van der Waals surface area (Å²) in [5, 5.41) is 8.49. The topological polar surface area (TPSA) is 91.7 Å². The van der Waals surface area contributed by atoms with Gasteiger partial charge < -0.3 is 5.11 Å². The first-order valence-electron chi connectivity index (χ1n) is 3.54. The van der Waals surface area contributed by atoms with Gasteiger partial charge in [-0.15, -0.1) is 0 Å². The Labute approximate surface area is 71.1 Å². The molecule has 1 unspecified atom stereocenters. The molecule has 72 valence electrons. The molecule has 2 N–H and O–H groups in total. The van der Waals surface area contributed by atoms with Gasteiger partial charge in [0.25, 0.3) is 10.1 Å². The Kier molecular flexibility index (Phi) is 4.19. The standard InChI is InChI=1S/C6H12O5S/c1-2-3-5(6(7)8)4-12(9,10)11/h5H,2-4H2,1H3,(H,7,8)(H,9,10,11). The van der Waals surface area contributed by atoms with Crippen molar-refractivity contribution < 1.29 is 22.9 Å². The molecule has 0 aliphatic heterocycles. The summed E-state index contributed by atoms with van der Waals surface area (Å²) in [7, 11) is -4.17. The molecular weight excluding hydrogens is 184 g/mol. The summed E-state index contributed by atoms with van der Waals surface area (Å²) in [6.07, 6.45) is 0.835. The Bertz CT molecular complexity index is 243. The fraction of sp³-hybridized carbons (Fsp3) is 0.833. The summed E-state index contributed by atoms with van der Waals surface area (Å²) in [4.78, 5) is 10.4. The maximum absolute atomic E-state index is 10.4. The molecule has 0 amide bonds. The van der Waals surface area contributed by atoms with Crippen LogP contribution in [0, 0.1) is 5.92 Å². The Balaban J connectivity index is 4.24. The lowest BCUT2D eigenvalue weighted by Crippen LogP contribution is -2.23. The minimum atomic E-state index is -4.17. The van der Waals surface area contributed by atoms with Crippen molar-refractivity contribution >= 4 is 16.1 Å². The van der Waals surface area contributed by atoms with Crippen molar-refractivity contribution in [1.29, 1.82) is 0 Å². The van der Waals surface area contributed by atoms with Crippen molar-refractivity contribution in [3.63, 3.8) is 0 Å². The van der Waals surface area contributed by atoms with Gasteiger partial charge in [0.15, 0.2) is 0 Å². The van der Waals surface area contributed by atoms with Crippen LogP contribution in [0.4, 0.5) is 0 Å². The van der Waals surface area contributed by atoms with Gasteiger partial charge in [-0.25, -0.2) is 0 Å². The second kappa shape index (κ2) is 4.42. The second-order valence-corrected chi connectivity index (χ2v) is 4.07. The van der Waals surface area contributed by atoms with Crippen LogP contribution < -0.4 is 0 Å². The van der Waals surface area contributed by atoms with E-state index in [-0.39, 0.29) is 6.42 Å². The molecule has 0 spiro atoms. The number of rotatable bonds is 5. The Morgan fingerprint density at radius 2 is 2.00 bits per heavy atom. The molecule has 0 rings (SSSR count). The van der Waals surface area contributed by atoms with Crippen LogP contribution in [-0.2, 0) is 14.9 Å². The summed E-state index contributed by atoms with van der Waals surface area (Å²) < 4.78 is 29.0. The Morgan fingerprint density at radius 1 is 1.50 bits per heavy atom. The van der Waals surface area contributed by atoms with Crippen molar-refractivity contribution in [3.05, 3.63) is 0 Å². The van der Waals surface area contributed by atoms with E-state index in [9.17, 15) is 13.2 Å². The lowest BCUT2D eigenvalue weighted by molar-refractivity contribution is -0.141. The van der Waals surface area contributed by atoms with Gasteiger partial charge in [-0.2, -0.15) is 8.42 Å². The first-order chi connectivity index (χ1) is 5.37. The summed E-state index contributed by atoms with van der Waals surface area (Å²) in [6.45, 7) is 1.75. The molecule has 0 aliphatic rings. The highest BCUT2D eigenvalue weighted by Crippen LogP contribution is 2.08. The molecule has 0 aliphatic carbocycles. The zero-order valence-corrected chi connectivity index (χ0v) is 7.54. The number of carboxylic acid groups (broad SMARTS) is 1. The molecule has 0 bridgehead atoms. The average Bonchev–Trinajstić information content (AvgIpc) is 1.83. The van der Waals surface area contributed by atoms with E-state index in [1.807, 2.05) is 0 Å². The fourth-order valence-electron chi connectivity index (χ4n) is 0.881. The normalized spacial score (nSPS) is 14.2. The third-order valence-corrected chi connectivity index (χ3v) is 2.22. The maximum Gasteiger partial charge on any atom is 0.307 e. The van der Waals surface area contributed by atoms with E-state index in [0.717, 1.165) is 0 Å². The lowest BCUT2D eigenvalue weighted by atomic mass is 10.1. The van der Waals surface area contributed by atoms with Crippen LogP contribution >= 0.6 is 0 Å². The van der Waals surface area contributed by atoms with Crippen LogP contribution in [0.15, 0.2) is 0 Å². The monoisotopic (exact) mass is 196 g/mol. The van der Waals surface area contributed by atoms with Crippen molar-refractivity contribution in [1.82, 2.24) is 0 Å². The van der Waals surface area contributed by atoms with Crippen LogP contribution in [0.25, 0.3) is 0 Å². The van der Waals surface area contributed by atoms with Crippen molar-refractivity contribution in [2.45, 2.75) is 19.8 Å². The molecule has 6 heteroatoms. The summed E-state index contributed by atoms with van der Waals surface area (Å²) in [6, 6.07) is 0. The Morgan fingerprint density at radius 3 is 2.25 bits per heavy atom. The van der Waals surface area contributed by atoms with E-state index in [1.54, 1.807) is 6.92 Å². The Hall–Kier alpha value is -0.620. The quantitative estimate of drug-likeness (QED) is 0.620. The van der Waals surface area contributed by atoms with E-state index in [1.165, 1.54) is 0 Å². The number of hydrogen-bond donors (Lipinski definition) is 2. The molecule has 0 heterocycles. The minimum absolute atomic E-state index is 0.259. The van der Waals surface area contributed by atoms with Crippen molar-refractivity contribution in [3.8, 4) is 0 Å². The van der Waals surface area contributed by atoms with E-state index >= 15 is 0 Å². The van der Waals surface area contributed by atoms with Crippen molar-refractivity contribution in [2.75, 3.05) is 5.75 Å². The van der Waals surface area contributed by atoms with E-state index in [2.05, 4.69) is 0 Å². The minimum Gasteiger partial charge on any atom is -0.481 e. The average molecular weight is 196 g/mol. The van der Waals surface area contributed by atoms with Crippen LogP contribution in [0.3, 0.4) is 0 Å². The van der Waals surface area contributed by atoms with Gasteiger partial charge >= 0.3 is 5.97 Å². The van der Waals surface area contributed by atoms with Gasteiger partial charge in [0.05, 0.1) is 11.7 Å². The van der Waals surface area contributed by atoms with E-state index < -0.39 is 27.8 Å². The van der Waals surface area contributed by atoms with Crippen LogP contribution in [0.2, 0.25) is 0 Å². The summed E-state index contributed by atoms with van der Waals surface area (Å²) >= 11 is 0. The number of carbonyl (C=O) groups is 1. The van der Waals surface area contributed by atoms with Gasteiger partial charge in [0.1, 0.15) is 0 Å². The first kappa shape index (κ1) is 11.4. The van der Waals surface area contributed by atoms with Gasteiger partial charge in [0.2, 0.25) is 0 Å². The summed E-state index contributed by atoms with van der Waals surface area (Å²) in [5.74, 6) is -2.88.